The SMILES string of the molecule is CC(Cc1cccc(Cl)c1)NCc1cc(O)cc(F)c1. The predicted octanol–water partition coefficient (Wildman–Crippen LogP) is 3.91. The van der Waals surface area contributed by atoms with Crippen LogP contribution >= 0.6 is 11.6 Å². The zero-order chi connectivity index (χ0) is 14.5. The maximum atomic E-state index is 13.1. The lowest BCUT2D eigenvalue weighted by Gasteiger charge is -2.14. The van der Waals surface area contributed by atoms with Crippen molar-refractivity contribution in [1.29, 1.82) is 0 Å². The van der Waals surface area contributed by atoms with E-state index in [9.17, 15) is 9.50 Å². The van der Waals surface area contributed by atoms with Crippen LogP contribution in [0.3, 0.4) is 0 Å². The number of hydrogen-bond donors (Lipinski definition) is 2. The minimum absolute atomic E-state index is 0.0516. The normalized spacial score (nSPS) is 12.3. The molecule has 0 aliphatic rings. The Balaban J connectivity index is 1.90. The minimum Gasteiger partial charge on any atom is -0.508 e. The molecule has 2 aromatic rings. The second-order valence-corrected chi connectivity index (χ2v) is 5.37. The number of rotatable bonds is 5. The number of nitrogens with one attached hydrogen (secondary N) is 1. The maximum Gasteiger partial charge on any atom is 0.127 e. The van der Waals surface area contributed by atoms with Crippen LogP contribution in [0.25, 0.3) is 0 Å². The van der Waals surface area contributed by atoms with Crippen molar-refractivity contribution < 1.29 is 9.50 Å². The van der Waals surface area contributed by atoms with Crippen LogP contribution in [0.4, 0.5) is 4.39 Å². The van der Waals surface area contributed by atoms with Gasteiger partial charge in [0.25, 0.3) is 0 Å². The molecule has 2 nitrogen and oxygen atoms in total. The van der Waals surface area contributed by atoms with Crippen LogP contribution in [0, 0.1) is 5.82 Å². The van der Waals surface area contributed by atoms with E-state index >= 15 is 0 Å². The number of aromatic hydroxyl groups is 1. The third-order valence-electron chi connectivity index (χ3n) is 3.03. The summed E-state index contributed by atoms with van der Waals surface area (Å²) in [5.41, 5.74) is 1.88. The van der Waals surface area contributed by atoms with Crippen molar-refractivity contribution in [1.82, 2.24) is 5.32 Å². The largest absolute Gasteiger partial charge is 0.508 e. The molecule has 0 aromatic heterocycles. The fourth-order valence-electron chi connectivity index (χ4n) is 2.12. The minimum atomic E-state index is -0.427. The summed E-state index contributed by atoms with van der Waals surface area (Å²) in [7, 11) is 0. The first-order valence-electron chi connectivity index (χ1n) is 6.49. The average molecular weight is 294 g/mol. The number of halogens is 2. The first kappa shape index (κ1) is 14.8. The summed E-state index contributed by atoms with van der Waals surface area (Å²) in [5, 5.41) is 13.4. The van der Waals surface area contributed by atoms with Crippen molar-refractivity contribution in [2.24, 2.45) is 0 Å². The Hall–Kier alpha value is -1.58. The van der Waals surface area contributed by atoms with Gasteiger partial charge in [0.2, 0.25) is 0 Å². The van der Waals surface area contributed by atoms with E-state index in [4.69, 9.17) is 11.6 Å². The molecule has 0 aliphatic heterocycles. The summed E-state index contributed by atoms with van der Waals surface area (Å²) in [5.74, 6) is -0.478. The van der Waals surface area contributed by atoms with E-state index in [2.05, 4.69) is 12.2 Å². The predicted molar refractivity (Wildman–Crippen MR) is 79.5 cm³/mol. The zero-order valence-electron chi connectivity index (χ0n) is 11.2. The fraction of sp³-hybridized carbons (Fsp3) is 0.250. The van der Waals surface area contributed by atoms with Crippen molar-refractivity contribution in [3.8, 4) is 5.75 Å². The van der Waals surface area contributed by atoms with Gasteiger partial charge in [-0.1, -0.05) is 23.7 Å². The molecule has 0 saturated carbocycles. The van der Waals surface area contributed by atoms with Crippen molar-refractivity contribution in [2.75, 3.05) is 0 Å². The van der Waals surface area contributed by atoms with Crippen molar-refractivity contribution in [3.05, 3.63) is 64.4 Å². The van der Waals surface area contributed by atoms with E-state index < -0.39 is 5.82 Å². The van der Waals surface area contributed by atoms with Crippen LogP contribution in [0.5, 0.6) is 5.75 Å². The highest BCUT2D eigenvalue weighted by Crippen LogP contribution is 2.15. The molecule has 4 heteroatoms. The standard InChI is InChI=1S/C16H17ClFNO/c1-11(5-12-3-2-4-14(17)6-12)19-10-13-7-15(18)9-16(20)8-13/h2-4,6-9,11,19-20H,5,10H2,1H3. The topological polar surface area (TPSA) is 32.3 Å². The van der Waals surface area contributed by atoms with Crippen LogP contribution in [-0.4, -0.2) is 11.1 Å². The zero-order valence-corrected chi connectivity index (χ0v) is 12.0. The van der Waals surface area contributed by atoms with Crippen LogP contribution in [0.1, 0.15) is 18.1 Å². The van der Waals surface area contributed by atoms with E-state index in [1.165, 1.54) is 6.07 Å². The van der Waals surface area contributed by atoms with E-state index in [1.54, 1.807) is 6.07 Å². The number of phenols is 1. The Morgan fingerprint density at radius 2 is 2.00 bits per heavy atom. The summed E-state index contributed by atoms with van der Waals surface area (Å²) in [6, 6.07) is 12.0. The molecule has 2 rings (SSSR count). The molecule has 0 radical (unpaired) electrons. The number of phenolic OH excluding ortho intramolecular Hbond substituents is 1. The molecule has 0 aliphatic carbocycles. The quantitative estimate of drug-likeness (QED) is 0.876. The van der Waals surface area contributed by atoms with E-state index in [0.717, 1.165) is 28.6 Å². The Labute approximate surface area is 123 Å². The Kier molecular flexibility index (Phi) is 4.99. The van der Waals surface area contributed by atoms with Gasteiger partial charge in [0.15, 0.2) is 0 Å². The highest BCUT2D eigenvalue weighted by atomic mass is 35.5. The smallest absolute Gasteiger partial charge is 0.127 e. The molecule has 0 spiro atoms. The van der Waals surface area contributed by atoms with E-state index in [0.29, 0.717) is 6.54 Å². The third-order valence-corrected chi connectivity index (χ3v) is 3.26. The van der Waals surface area contributed by atoms with Gasteiger partial charge in [0.05, 0.1) is 0 Å². The summed E-state index contributed by atoms with van der Waals surface area (Å²) in [6.45, 7) is 2.56. The van der Waals surface area contributed by atoms with Gasteiger partial charge in [-0.15, -0.1) is 0 Å². The van der Waals surface area contributed by atoms with Crippen LogP contribution < -0.4 is 5.32 Å². The second-order valence-electron chi connectivity index (χ2n) is 4.93. The van der Waals surface area contributed by atoms with Gasteiger partial charge in [-0.2, -0.15) is 0 Å². The molecule has 1 atom stereocenters. The van der Waals surface area contributed by atoms with E-state index in [-0.39, 0.29) is 11.8 Å². The number of hydrogen-bond acceptors (Lipinski definition) is 2. The molecule has 0 fully saturated rings. The highest BCUT2D eigenvalue weighted by molar-refractivity contribution is 6.30. The van der Waals surface area contributed by atoms with Gasteiger partial charge in [0, 0.05) is 23.7 Å². The molecular weight excluding hydrogens is 277 g/mol. The second kappa shape index (κ2) is 6.73. The summed E-state index contributed by atoms with van der Waals surface area (Å²) >= 11 is 5.95. The fourth-order valence-corrected chi connectivity index (χ4v) is 2.33. The Morgan fingerprint density at radius 1 is 1.20 bits per heavy atom. The first-order valence-corrected chi connectivity index (χ1v) is 6.87. The van der Waals surface area contributed by atoms with Crippen molar-refractivity contribution >= 4 is 11.6 Å². The first-order chi connectivity index (χ1) is 9.52. The van der Waals surface area contributed by atoms with Gasteiger partial charge >= 0.3 is 0 Å². The van der Waals surface area contributed by atoms with Gasteiger partial charge in [-0.3, -0.25) is 0 Å². The highest BCUT2D eigenvalue weighted by Gasteiger charge is 2.05. The summed E-state index contributed by atoms with van der Waals surface area (Å²) in [4.78, 5) is 0. The van der Waals surface area contributed by atoms with Gasteiger partial charge in [-0.05, 0) is 48.7 Å². The molecule has 0 saturated heterocycles. The molecule has 20 heavy (non-hydrogen) atoms. The third kappa shape index (κ3) is 4.51. The van der Waals surface area contributed by atoms with Gasteiger partial charge < -0.3 is 10.4 Å². The van der Waals surface area contributed by atoms with Crippen molar-refractivity contribution in [2.45, 2.75) is 25.9 Å². The monoisotopic (exact) mass is 293 g/mol. The molecule has 1 unspecified atom stereocenters. The van der Waals surface area contributed by atoms with Crippen LogP contribution in [0.15, 0.2) is 42.5 Å². The lowest BCUT2D eigenvalue weighted by molar-refractivity contribution is 0.466. The molecule has 0 heterocycles. The summed E-state index contributed by atoms with van der Waals surface area (Å²) in [6.07, 6.45) is 0.835. The van der Waals surface area contributed by atoms with Gasteiger partial charge in [-0.25, -0.2) is 4.39 Å². The van der Waals surface area contributed by atoms with Gasteiger partial charge in [0.1, 0.15) is 11.6 Å². The summed E-state index contributed by atoms with van der Waals surface area (Å²) < 4.78 is 13.1. The maximum absolute atomic E-state index is 13.1. The molecular formula is C16H17ClFNO. The molecule has 0 bridgehead atoms. The molecule has 2 N–H and O–H groups in total. The van der Waals surface area contributed by atoms with Crippen LogP contribution in [0.2, 0.25) is 5.02 Å². The molecule has 0 amide bonds. The van der Waals surface area contributed by atoms with E-state index in [1.807, 2.05) is 24.3 Å². The Bertz CT molecular complexity index is 568. The lowest BCUT2D eigenvalue weighted by Crippen LogP contribution is -2.27. The lowest BCUT2D eigenvalue weighted by atomic mass is 10.1. The van der Waals surface area contributed by atoms with Crippen LogP contribution in [-0.2, 0) is 13.0 Å². The number of benzene rings is 2. The molecule has 106 valence electrons. The van der Waals surface area contributed by atoms with Crippen molar-refractivity contribution in [3.63, 3.8) is 0 Å². The molecule has 2 aromatic carbocycles. The Morgan fingerprint density at radius 3 is 2.70 bits per heavy atom. The average Bonchev–Trinajstić information content (AvgIpc) is 2.35.